The second-order valence-electron chi connectivity index (χ2n) is 6.26. The van der Waals surface area contributed by atoms with Gasteiger partial charge < -0.3 is 24.5 Å². The van der Waals surface area contributed by atoms with Gasteiger partial charge in [0.2, 0.25) is 0 Å². The van der Waals surface area contributed by atoms with Gasteiger partial charge in [-0.1, -0.05) is 24.8 Å². The number of fused-ring (bicyclic) bond motifs is 1. The zero-order valence-electron chi connectivity index (χ0n) is 16.9. The number of thioether (sulfide) groups is 1. The van der Waals surface area contributed by atoms with Gasteiger partial charge in [0, 0.05) is 17.3 Å². The predicted molar refractivity (Wildman–Crippen MR) is 111 cm³/mol. The molecule has 0 saturated carbocycles. The monoisotopic (exact) mass is 417 g/mol. The van der Waals surface area contributed by atoms with Crippen molar-refractivity contribution in [1.82, 2.24) is 9.97 Å². The SMILES string of the molecule is CCSc1nc2c(c(=O)[nH]1)C(c1ccc(OC)cc1OC)C(C(=O)OC)=C(C)N2. The first-order chi connectivity index (χ1) is 13.9. The Morgan fingerprint density at radius 2 is 2.00 bits per heavy atom. The highest BCUT2D eigenvalue weighted by Crippen LogP contribution is 2.44. The summed E-state index contributed by atoms with van der Waals surface area (Å²) in [5.74, 6) is 1.02. The van der Waals surface area contributed by atoms with Gasteiger partial charge in [-0.2, -0.15) is 0 Å². The van der Waals surface area contributed by atoms with Crippen LogP contribution in [0.5, 0.6) is 11.5 Å². The summed E-state index contributed by atoms with van der Waals surface area (Å²) in [6.07, 6.45) is 0. The van der Waals surface area contributed by atoms with Crippen molar-refractivity contribution in [1.29, 1.82) is 0 Å². The summed E-state index contributed by atoms with van der Waals surface area (Å²) < 4.78 is 15.8. The van der Waals surface area contributed by atoms with E-state index >= 15 is 0 Å². The third-order valence-corrected chi connectivity index (χ3v) is 5.41. The number of aromatic nitrogens is 2. The quantitative estimate of drug-likeness (QED) is 0.420. The van der Waals surface area contributed by atoms with Crippen molar-refractivity contribution in [2.45, 2.75) is 24.9 Å². The number of esters is 1. The van der Waals surface area contributed by atoms with Crippen LogP contribution < -0.4 is 20.3 Å². The van der Waals surface area contributed by atoms with E-state index in [2.05, 4.69) is 15.3 Å². The summed E-state index contributed by atoms with van der Waals surface area (Å²) in [7, 11) is 4.39. The van der Waals surface area contributed by atoms with E-state index in [0.29, 0.717) is 44.9 Å². The Morgan fingerprint density at radius 3 is 2.62 bits per heavy atom. The Kier molecular flexibility index (Phi) is 6.17. The summed E-state index contributed by atoms with van der Waals surface area (Å²) in [5, 5.41) is 3.61. The van der Waals surface area contributed by atoms with E-state index in [1.165, 1.54) is 26.0 Å². The number of H-pyrrole nitrogens is 1. The lowest BCUT2D eigenvalue weighted by Crippen LogP contribution is -2.31. The van der Waals surface area contributed by atoms with Crippen molar-refractivity contribution in [3.8, 4) is 11.5 Å². The van der Waals surface area contributed by atoms with Crippen LogP contribution in [0.15, 0.2) is 39.4 Å². The molecule has 1 aromatic carbocycles. The number of allylic oxidation sites excluding steroid dienone is 1. The molecule has 0 fully saturated rings. The van der Waals surface area contributed by atoms with Gasteiger partial charge in [-0.15, -0.1) is 0 Å². The van der Waals surface area contributed by atoms with Gasteiger partial charge in [-0.25, -0.2) is 9.78 Å². The van der Waals surface area contributed by atoms with Crippen LogP contribution in [-0.2, 0) is 9.53 Å². The third-order valence-electron chi connectivity index (χ3n) is 4.66. The zero-order valence-corrected chi connectivity index (χ0v) is 17.7. The topological polar surface area (TPSA) is 103 Å². The molecular formula is C20H23N3O5S. The van der Waals surface area contributed by atoms with E-state index < -0.39 is 11.9 Å². The van der Waals surface area contributed by atoms with E-state index in [0.717, 1.165) is 5.75 Å². The van der Waals surface area contributed by atoms with Crippen LogP contribution in [0.3, 0.4) is 0 Å². The number of aromatic amines is 1. The number of anilines is 1. The van der Waals surface area contributed by atoms with Crippen LogP contribution in [-0.4, -0.2) is 43.0 Å². The van der Waals surface area contributed by atoms with E-state index in [1.807, 2.05) is 6.92 Å². The van der Waals surface area contributed by atoms with Gasteiger partial charge in [-0.3, -0.25) is 4.79 Å². The summed E-state index contributed by atoms with van der Waals surface area (Å²) in [5.41, 5.74) is 1.54. The summed E-state index contributed by atoms with van der Waals surface area (Å²) in [6, 6.07) is 5.25. The van der Waals surface area contributed by atoms with E-state index in [9.17, 15) is 9.59 Å². The molecule has 29 heavy (non-hydrogen) atoms. The fraction of sp³-hybridized carbons (Fsp3) is 0.350. The second kappa shape index (κ2) is 8.60. The highest BCUT2D eigenvalue weighted by Gasteiger charge is 2.37. The third kappa shape index (κ3) is 3.82. The zero-order chi connectivity index (χ0) is 21.1. The molecule has 0 saturated heterocycles. The predicted octanol–water partition coefficient (Wildman–Crippen LogP) is 2.90. The van der Waals surface area contributed by atoms with Crippen molar-refractivity contribution < 1.29 is 19.0 Å². The maximum Gasteiger partial charge on any atom is 0.336 e. The molecule has 1 unspecified atom stereocenters. The molecule has 2 N–H and O–H groups in total. The van der Waals surface area contributed by atoms with Crippen LogP contribution in [0.4, 0.5) is 5.82 Å². The molecule has 1 aromatic heterocycles. The normalized spacial score (nSPS) is 15.4. The molecule has 2 aromatic rings. The number of ether oxygens (including phenoxy) is 3. The Labute approximate surface area is 172 Å². The number of hydrogen-bond donors (Lipinski definition) is 2. The first-order valence-corrected chi connectivity index (χ1v) is 9.98. The van der Waals surface area contributed by atoms with Crippen LogP contribution in [0.25, 0.3) is 0 Å². The molecule has 0 aliphatic carbocycles. The minimum Gasteiger partial charge on any atom is -0.497 e. The van der Waals surface area contributed by atoms with E-state index in [4.69, 9.17) is 14.2 Å². The van der Waals surface area contributed by atoms with Gasteiger partial charge in [0.1, 0.15) is 17.3 Å². The molecule has 1 aliphatic rings. The number of hydrogen-bond acceptors (Lipinski definition) is 8. The average molecular weight is 417 g/mol. The Bertz CT molecular complexity index is 1030. The summed E-state index contributed by atoms with van der Waals surface area (Å²) >= 11 is 1.43. The molecule has 0 amide bonds. The number of carbonyl (C=O) groups excluding carboxylic acids is 1. The lowest BCUT2D eigenvalue weighted by Gasteiger charge is -2.29. The van der Waals surface area contributed by atoms with E-state index in [1.54, 1.807) is 32.2 Å². The molecule has 0 spiro atoms. The minimum atomic E-state index is -0.712. The fourth-order valence-corrected chi connectivity index (χ4v) is 3.98. The van der Waals surface area contributed by atoms with Gasteiger partial charge in [0.05, 0.1) is 38.4 Å². The van der Waals surface area contributed by atoms with Crippen LogP contribution in [0.1, 0.15) is 30.9 Å². The largest absolute Gasteiger partial charge is 0.497 e. The van der Waals surface area contributed by atoms with Crippen molar-refractivity contribution >= 4 is 23.5 Å². The first-order valence-electron chi connectivity index (χ1n) is 9.00. The van der Waals surface area contributed by atoms with Gasteiger partial charge in [0.25, 0.3) is 5.56 Å². The Morgan fingerprint density at radius 1 is 1.24 bits per heavy atom. The molecule has 3 rings (SSSR count). The van der Waals surface area contributed by atoms with Crippen molar-refractivity contribution in [3.05, 3.63) is 50.9 Å². The number of nitrogens with one attached hydrogen (secondary N) is 2. The standard InChI is InChI=1S/C20H23N3O5S/c1-6-29-20-22-17-16(18(24)23-20)15(14(10(2)21-17)19(25)28-5)12-8-7-11(26-3)9-13(12)27-4/h7-9,15H,6H2,1-5H3,(H2,21,22,23,24). The minimum absolute atomic E-state index is 0.324. The number of methoxy groups -OCH3 is 3. The molecule has 9 heteroatoms. The van der Waals surface area contributed by atoms with Gasteiger partial charge >= 0.3 is 5.97 Å². The molecule has 1 atom stereocenters. The molecule has 2 heterocycles. The summed E-state index contributed by atoms with van der Waals surface area (Å²) in [4.78, 5) is 33.0. The highest BCUT2D eigenvalue weighted by molar-refractivity contribution is 7.99. The van der Waals surface area contributed by atoms with Crippen LogP contribution in [0.2, 0.25) is 0 Å². The molecule has 154 valence electrons. The highest BCUT2D eigenvalue weighted by atomic mass is 32.2. The maximum absolute atomic E-state index is 13.0. The Hall–Kier alpha value is -2.94. The van der Waals surface area contributed by atoms with Crippen molar-refractivity contribution in [3.63, 3.8) is 0 Å². The van der Waals surface area contributed by atoms with Gasteiger partial charge in [-0.05, 0) is 18.7 Å². The maximum atomic E-state index is 13.0. The molecule has 0 bridgehead atoms. The lowest BCUT2D eigenvalue weighted by molar-refractivity contribution is -0.136. The number of carbonyl (C=O) groups is 1. The molecule has 8 nitrogen and oxygen atoms in total. The first kappa shape index (κ1) is 20.8. The number of benzene rings is 1. The van der Waals surface area contributed by atoms with Crippen LogP contribution >= 0.6 is 11.8 Å². The average Bonchev–Trinajstić information content (AvgIpc) is 2.71. The van der Waals surface area contributed by atoms with E-state index in [-0.39, 0.29) is 5.56 Å². The van der Waals surface area contributed by atoms with Crippen LogP contribution in [0, 0.1) is 0 Å². The number of nitrogens with zero attached hydrogens (tertiary/aromatic N) is 1. The van der Waals surface area contributed by atoms with Crippen molar-refractivity contribution in [2.75, 3.05) is 32.4 Å². The lowest BCUT2D eigenvalue weighted by atomic mass is 9.82. The molecule has 0 radical (unpaired) electrons. The summed E-state index contributed by atoms with van der Waals surface area (Å²) in [6.45, 7) is 3.73. The Balaban J connectivity index is 2.30. The second-order valence-corrected chi connectivity index (χ2v) is 7.52. The smallest absolute Gasteiger partial charge is 0.336 e. The fourth-order valence-electron chi connectivity index (χ4n) is 3.38. The number of rotatable bonds is 6. The van der Waals surface area contributed by atoms with Crippen molar-refractivity contribution in [2.24, 2.45) is 0 Å². The molecule has 1 aliphatic heterocycles. The van der Waals surface area contributed by atoms with Gasteiger partial charge in [0.15, 0.2) is 5.16 Å². The molecular weight excluding hydrogens is 394 g/mol.